The zero-order valence-electron chi connectivity index (χ0n) is 15.5. The standard InChI is InChI=1S/C21H15F4NO4/c1-29-18-7-3-6-16(22)19(18)30-17-9-8-12(21(23,24)25)10-15(17)20(28)26-13-4-2-5-14(27)11-13/h2-4,6-11H,5H2,1H3,(H,26,28). The number of nitrogens with one attached hydrogen (secondary N) is 1. The van der Waals surface area contributed by atoms with Gasteiger partial charge in [-0.3, -0.25) is 9.59 Å². The van der Waals surface area contributed by atoms with Gasteiger partial charge in [-0.25, -0.2) is 4.39 Å². The van der Waals surface area contributed by atoms with Gasteiger partial charge in [-0.15, -0.1) is 0 Å². The van der Waals surface area contributed by atoms with Crippen LogP contribution in [0.3, 0.4) is 0 Å². The second-order valence-corrected chi connectivity index (χ2v) is 6.21. The second kappa shape index (κ2) is 8.40. The first-order chi connectivity index (χ1) is 14.2. The summed E-state index contributed by atoms with van der Waals surface area (Å²) in [6.45, 7) is 0. The summed E-state index contributed by atoms with van der Waals surface area (Å²) in [7, 11) is 1.26. The summed E-state index contributed by atoms with van der Waals surface area (Å²) in [6, 6.07) is 6.05. The zero-order valence-corrected chi connectivity index (χ0v) is 15.5. The predicted molar refractivity (Wildman–Crippen MR) is 98.8 cm³/mol. The van der Waals surface area contributed by atoms with Crippen molar-refractivity contribution in [2.75, 3.05) is 7.11 Å². The third kappa shape index (κ3) is 4.68. The van der Waals surface area contributed by atoms with E-state index in [1.54, 1.807) is 0 Å². The topological polar surface area (TPSA) is 64.6 Å². The Morgan fingerprint density at radius 3 is 2.57 bits per heavy atom. The van der Waals surface area contributed by atoms with Crippen LogP contribution in [0.25, 0.3) is 0 Å². The molecule has 0 saturated carbocycles. The van der Waals surface area contributed by atoms with E-state index in [-0.39, 0.29) is 35.1 Å². The van der Waals surface area contributed by atoms with Crippen LogP contribution in [0.15, 0.2) is 60.3 Å². The highest BCUT2D eigenvalue weighted by Crippen LogP contribution is 2.38. The van der Waals surface area contributed by atoms with E-state index in [1.807, 2.05) is 0 Å². The van der Waals surface area contributed by atoms with Crippen molar-refractivity contribution in [3.8, 4) is 17.2 Å². The van der Waals surface area contributed by atoms with Crippen molar-refractivity contribution in [2.24, 2.45) is 0 Å². The molecular weight excluding hydrogens is 406 g/mol. The number of halogens is 4. The van der Waals surface area contributed by atoms with Gasteiger partial charge < -0.3 is 14.8 Å². The summed E-state index contributed by atoms with van der Waals surface area (Å²) in [5, 5.41) is 2.36. The molecule has 0 heterocycles. The summed E-state index contributed by atoms with van der Waals surface area (Å²) in [5.74, 6) is -2.79. The quantitative estimate of drug-likeness (QED) is 0.706. The molecule has 0 fully saturated rings. The average molecular weight is 421 g/mol. The van der Waals surface area contributed by atoms with Gasteiger partial charge in [0, 0.05) is 18.2 Å². The second-order valence-electron chi connectivity index (χ2n) is 6.21. The summed E-state index contributed by atoms with van der Waals surface area (Å²) in [5.41, 5.74) is -1.48. The number of hydrogen-bond acceptors (Lipinski definition) is 4. The van der Waals surface area contributed by atoms with Crippen LogP contribution in [0.4, 0.5) is 17.6 Å². The minimum Gasteiger partial charge on any atom is -0.493 e. The van der Waals surface area contributed by atoms with Crippen molar-refractivity contribution in [1.82, 2.24) is 5.32 Å². The van der Waals surface area contributed by atoms with Crippen LogP contribution in [0.5, 0.6) is 17.2 Å². The number of benzene rings is 2. The monoisotopic (exact) mass is 421 g/mol. The van der Waals surface area contributed by atoms with Gasteiger partial charge in [0.05, 0.1) is 18.2 Å². The molecule has 5 nitrogen and oxygen atoms in total. The van der Waals surface area contributed by atoms with Gasteiger partial charge in [-0.05, 0) is 36.4 Å². The van der Waals surface area contributed by atoms with Gasteiger partial charge in [-0.2, -0.15) is 13.2 Å². The maximum Gasteiger partial charge on any atom is 0.416 e. The maximum atomic E-state index is 14.2. The summed E-state index contributed by atoms with van der Waals surface area (Å²) < 4.78 is 64.1. The van der Waals surface area contributed by atoms with Crippen molar-refractivity contribution in [3.63, 3.8) is 0 Å². The van der Waals surface area contributed by atoms with Crippen LogP contribution in [-0.4, -0.2) is 18.8 Å². The zero-order chi connectivity index (χ0) is 21.9. The number of allylic oxidation sites excluding steroid dienone is 3. The molecule has 1 N–H and O–H groups in total. The highest BCUT2D eigenvalue weighted by Gasteiger charge is 2.32. The summed E-state index contributed by atoms with van der Waals surface area (Å²) in [4.78, 5) is 24.2. The number of alkyl halides is 3. The number of ether oxygens (including phenoxy) is 2. The van der Waals surface area contributed by atoms with E-state index < -0.39 is 29.0 Å². The van der Waals surface area contributed by atoms with Gasteiger partial charge in [0.15, 0.2) is 17.3 Å². The fourth-order valence-corrected chi connectivity index (χ4v) is 2.69. The lowest BCUT2D eigenvalue weighted by Gasteiger charge is -2.16. The highest BCUT2D eigenvalue weighted by molar-refractivity contribution is 6.00. The molecule has 0 aromatic heterocycles. The normalized spacial score (nSPS) is 13.6. The molecule has 3 rings (SSSR count). The van der Waals surface area contributed by atoms with Crippen LogP contribution >= 0.6 is 0 Å². The Hall–Kier alpha value is -3.62. The minimum atomic E-state index is -4.72. The van der Waals surface area contributed by atoms with Crippen molar-refractivity contribution >= 4 is 11.7 Å². The Morgan fingerprint density at radius 2 is 1.90 bits per heavy atom. The molecule has 2 aromatic carbocycles. The molecule has 0 bridgehead atoms. The summed E-state index contributed by atoms with van der Waals surface area (Å²) in [6.07, 6.45) is -0.446. The Morgan fingerprint density at radius 1 is 1.13 bits per heavy atom. The molecule has 1 aliphatic carbocycles. The van der Waals surface area contributed by atoms with E-state index in [0.717, 1.165) is 18.2 Å². The minimum absolute atomic E-state index is 0.00947. The highest BCUT2D eigenvalue weighted by atomic mass is 19.4. The fraction of sp³-hybridized carbons (Fsp3) is 0.143. The van der Waals surface area contributed by atoms with Crippen molar-refractivity contribution in [1.29, 1.82) is 0 Å². The number of hydrogen-bond donors (Lipinski definition) is 1. The predicted octanol–water partition coefficient (Wildman–Crippen LogP) is 4.79. The van der Waals surface area contributed by atoms with Gasteiger partial charge >= 0.3 is 6.18 Å². The molecular formula is C21H15F4NO4. The molecule has 9 heteroatoms. The first kappa shape index (κ1) is 21.1. The van der Waals surface area contributed by atoms with Crippen molar-refractivity contribution < 1.29 is 36.6 Å². The third-order valence-electron chi connectivity index (χ3n) is 4.11. The van der Waals surface area contributed by atoms with E-state index in [2.05, 4.69) is 5.32 Å². The summed E-state index contributed by atoms with van der Waals surface area (Å²) >= 11 is 0. The average Bonchev–Trinajstić information content (AvgIpc) is 2.68. The van der Waals surface area contributed by atoms with Gasteiger partial charge in [0.2, 0.25) is 5.75 Å². The van der Waals surface area contributed by atoms with E-state index in [0.29, 0.717) is 12.1 Å². The Bertz CT molecular complexity index is 1060. The molecule has 0 radical (unpaired) electrons. The molecule has 0 unspecified atom stereocenters. The van der Waals surface area contributed by atoms with Gasteiger partial charge in [0.1, 0.15) is 5.75 Å². The Labute approximate surface area is 168 Å². The molecule has 1 amide bonds. The van der Waals surface area contributed by atoms with Crippen molar-refractivity contribution in [2.45, 2.75) is 12.6 Å². The molecule has 0 aliphatic heterocycles. The largest absolute Gasteiger partial charge is 0.493 e. The molecule has 0 atom stereocenters. The lowest BCUT2D eigenvalue weighted by atomic mass is 10.1. The Kier molecular flexibility index (Phi) is 5.91. The lowest BCUT2D eigenvalue weighted by Crippen LogP contribution is -2.24. The number of carbonyl (C=O) groups excluding carboxylic acids is 2. The van der Waals surface area contributed by atoms with Crippen LogP contribution in [0.2, 0.25) is 0 Å². The SMILES string of the molecule is COc1cccc(F)c1Oc1ccc(C(F)(F)F)cc1C(=O)NC1=CC(=O)CC=C1. The molecule has 30 heavy (non-hydrogen) atoms. The number of methoxy groups -OCH3 is 1. The number of carbonyl (C=O) groups is 2. The third-order valence-corrected chi connectivity index (χ3v) is 4.11. The first-order valence-corrected chi connectivity index (χ1v) is 8.63. The molecule has 1 aliphatic rings. The molecule has 156 valence electrons. The van der Waals surface area contributed by atoms with Crippen LogP contribution in [0, 0.1) is 5.82 Å². The van der Waals surface area contributed by atoms with E-state index in [4.69, 9.17) is 9.47 Å². The van der Waals surface area contributed by atoms with Crippen molar-refractivity contribution in [3.05, 3.63) is 77.3 Å². The van der Waals surface area contributed by atoms with E-state index in [1.165, 1.54) is 31.4 Å². The number of rotatable bonds is 5. The Balaban J connectivity index is 2.02. The van der Waals surface area contributed by atoms with Crippen LogP contribution in [0.1, 0.15) is 22.3 Å². The lowest BCUT2D eigenvalue weighted by molar-refractivity contribution is -0.137. The van der Waals surface area contributed by atoms with Crippen LogP contribution < -0.4 is 14.8 Å². The maximum absolute atomic E-state index is 14.2. The molecule has 2 aromatic rings. The van der Waals surface area contributed by atoms with Gasteiger partial charge in [-0.1, -0.05) is 12.1 Å². The number of amides is 1. The van der Waals surface area contributed by atoms with Gasteiger partial charge in [0.25, 0.3) is 5.91 Å². The first-order valence-electron chi connectivity index (χ1n) is 8.63. The van der Waals surface area contributed by atoms with Crippen LogP contribution in [-0.2, 0) is 11.0 Å². The molecule has 0 spiro atoms. The number of ketones is 1. The van der Waals surface area contributed by atoms with E-state index in [9.17, 15) is 27.2 Å². The number of para-hydroxylation sites is 1. The fourth-order valence-electron chi connectivity index (χ4n) is 2.69. The molecule has 0 saturated heterocycles. The smallest absolute Gasteiger partial charge is 0.416 e. The van der Waals surface area contributed by atoms with E-state index >= 15 is 0 Å².